The van der Waals surface area contributed by atoms with E-state index in [1.807, 2.05) is 54.6 Å². The first kappa shape index (κ1) is 23.3. The van der Waals surface area contributed by atoms with Gasteiger partial charge in [-0.3, -0.25) is 9.59 Å². The number of nitrogens with one attached hydrogen (secondary N) is 1. The van der Waals surface area contributed by atoms with Crippen LogP contribution in [0.2, 0.25) is 0 Å². The maximum absolute atomic E-state index is 12.5. The zero-order valence-electron chi connectivity index (χ0n) is 18.4. The van der Waals surface area contributed by atoms with Crippen LogP contribution in [0.4, 0.5) is 0 Å². The van der Waals surface area contributed by atoms with Crippen LogP contribution in [0, 0.1) is 0 Å². The van der Waals surface area contributed by atoms with Gasteiger partial charge in [-0.1, -0.05) is 42.5 Å². The number of carbonyl (C=O) groups is 3. The van der Waals surface area contributed by atoms with Crippen LogP contribution in [-0.4, -0.2) is 61.6 Å². The molecule has 1 N–H and O–H groups in total. The van der Waals surface area contributed by atoms with Gasteiger partial charge in [-0.15, -0.1) is 0 Å². The normalized spacial score (nSPS) is 17.7. The van der Waals surface area contributed by atoms with Crippen molar-refractivity contribution in [1.29, 1.82) is 0 Å². The Kier molecular flexibility index (Phi) is 7.83. The summed E-state index contributed by atoms with van der Waals surface area (Å²) in [7, 11) is 3.18. The average molecular weight is 440 g/mol. The van der Waals surface area contributed by atoms with Gasteiger partial charge in [0.05, 0.1) is 6.61 Å². The van der Waals surface area contributed by atoms with Gasteiger partial charge in [-0.05, 0) is 30.2 Å². The van der Waals surface area contributed by atoms with E-state index in [9.17, 15) is 14.4 Å². The lowest BCUT2D eigenvalue weighted by Crippen LogP contribution is -2.46. The molecular weight excluding hydrogens is 412 g/mol. The molecule has 0 radical (unpaired) electrons. The molecule has 2 amide bonds. The van der Waals surface area contributed by atoms with Gasteiger partial charge in [0.2, 0.25) is 0 Å². The number of carbonyl (C=O) groups excluding carboxylic acids is 3. The van der Waals surface area contributed by atoms with E-state index in [4.69, 9.17) is 14.2 Å². The minimum absolute atomic E-state index is 0.194. The fraction of sp³-hybridized carbons (Fsp3) is 0.375. The third-order valence-corrected chi connectivity index (χ3v) is 4.93. The summed E-state index contributed by atoms with van der Waals surface area (Å²) < 4.78 is 16.1. The van der Waals surface area contributed by atoms with Crippen molar-refractivity contribution in [2.75, 3.05) is 20.7 Å². The molecule has 1 aliphatic heterocycles. The monoisotopic (exact) mass is 440 g/mol. The first-order chi connectivity index (χ1) is 15.4. The van der Waals surface area contributed by atoms with Crippen LogP contribution >= 0.6 is 0 Å². The number of nitrogens with zero attached hydrogens (tertiary/aromatic N) is 1. The van der Waals surface area contributed by atoms with E-state index >= 15 is 0 Å². The number of amides is 2. The second-order valence-electron chi connectivity index (χ2n) is 7.65. The SMILES string of the molecule is CCOC(=O)[C@H](Cc1ccc(OCc2ccccc2)cc1)NC(=O)[C@H]1O[C@@H]1C(=O)N(C)C. The topological polar surface area (TPSA) is 97.5 Å². The van der Waals surface area contributed by atoms with Crippen molar-refractivity contribution in [3.8, 4) is 5.75 Å². The highest BCUT2D eigenvalue weighted by Gasteiger charge is 2.51. The molecule has 1 heterocycles. The molecule has 2 aromatic carbocycles. The average Bonchev–Trinajstić information content (AvgIpc) is 3.59. The van der Waals surface area contributed by atoms with Crippen molar-refractivity contribution in [3.05, 3.63) is 65.7 Å². The van der Waals surface area contributed by atoms with Crippen molar-refractivity contribution < 1.29 is 28.6 Å². The number of hydrogen-bond donors (Lipinski definition) is 1. The van der Waals surface area contributed by atoms with Gasteiger partial charge in [0.25, 0.3) is 11.8 Å². The highest BCUT2D eigenvalue weighted by Crippen LogP contribution is 2.24. The van der Waals surface area contributed by atoms with Gasteiger partial charge in [0.15, 0.2) is 12.2 Å². The fourth-order valence-electron chi connectivity index (χ4n) is 3.14. The molecule has 0 bridgehead atoms. The Balaban J connectivity index is 1.58. The van der Waals surface area contributed by atoms with Crippen LogP contribution < -0.4 is 10.1 Å². The molecule has 0 aromatic heterocycles. The van der Waals surface area contributed by atoms with Gasteiger partial charge in [-0.25, -0.2) is 4.79 Å². The second kappa shape index (κ2) is 10.8. The lowest BCUT2D eigenvalue weighted by molar-refractivity contribution is -0.147. The molecule has 0 spiro atoms. The van der Waals surface area contributed by atoms with Crippen LogP contribution in [0.25, 0.3) is 0 Å². The number of ether oxygens (including phenoxy) is 3. The lowest BCUT2D eigenvalue weighted by Gasteiger charge is -2.17. The Morgan fingerprint density at radius 1 is 1.00 bits per heavy atom. The molecule has 3 rings (SSSR count). The van der Waals surface area contributed by atoms with Crippen molar-refractivity contribution in [2.24, 2.45) is 0 Å². The minimum atomic E-state index is -0.893. The molecule has 8 nitrogen and oxygen atoms in total. The van der Waals surface area contributed by atoms with Crippen molar-refractivity contribution in [1.82, 2.24) is 10.2 Å². The van der Waals surface area contributed by atoms with E-state index in [2.05, 4.69) is 5.32 Å². The highest BCUT2D eigenvalue weighted by atomic mass is 16.6. The molecule has 2 aromatic rings. The molecule has 1 aliphatic rings. The highest BCUT2D eigenvalue weighted by molar-refractivity contribution is 5.96. The maximum Gasteiger partial charge on any atom is 0.328 e. The molecule has 1 saturated heterocycles. The second-order valence-corrected chi connectivity index (χ2v) is 7.65. The standard InChI is InChI=1S/C24H28N2O6/c1-4-30-24(29)19(25-22(27)20-21(32-20)23(28)26(2)3)14-16-10-12-18(13-11-16)31-15-17-8-6-5-7-9-17/h5-13,19-21H,4,14-15H2,1-3H3,(H,25,27)/t19-,20-,21-/m0/s1. The molecule has 170 valence electrons. The summed E-state index contributed by atoms with van der Waals surface area (Å²) in [6.45, 7) is 2.35. The number of rotatable bonds is 10. The van der Waals surface area contributed by atoms with Gasteiger partial charge >= 0.3 is 5.97 Å². The Morgan fingerprint density at radius 2 is 1.69 bits per heavy atom. The number of esters is 1. The Hall–Kier alpha value is -3.39. The quantitative estimate of drug-likeness (QED) is 0.446. The predicted octanol–water partition coefficient (Wildman–Crippen LogP) is 1.71. The molecule has 8 heteroatoms. The van der Waals surface area contributed by atoms with Crippen molar-refractivity contribution in [3.63, 3.8) is 0 Å². The van der Waals surface area contributed by atoms with E-state index < -0.39 is 30.1 Å². The minimum Gasteiger partial charge on any atom is -0.489 e. The van der Waals surface area contributed by atoms with Crippen LogP contribution in [0.15, 0.2) is 54.6 Å². The fourth-order valence-corrected chi connectivity index (χ4v) is 3.14. The molecule has 1 fully saturated rings. The Morgan fingerprint density at radius 3 is 2.31 bits per heavy atom. The molecule has 3 atom stereocenters. The summed E-state index contributed by atoms with van der Waals surface area (Å²) in [5.74, 6) is -0.637. The summed E-state index contributed by atoms with van der Waals surface area (Å²) in [6.07, 6.45) is -1.47. The van der Waals surface area contributed by atoms with Crippen molar-refractivity contribution >= 4 is 17.8 Å². The third-order valence-electron chi connectivity index (χ3n) is 4.93. The maximum atomic E-state index is 12.5. The molecule has 32 heavy (non-hydrogen) atoms. The van der Waals surface area contributed by atoms with Crippen LogP contribution in [0.3, 0.4) is 0 Å². The Bertz CT molecular complexity index is 929. The van der Waals surface area contributed by atoms with E-state index in [0.29, 0.717) is 12.4 Å². The van der Waals surface area contributed by atoms with Crippen molar-refractivity contribution in [2.45, 2.75) is 38.2 Å². The first-order valence-electron chi connectivity index (χ1n) is 10.5. The molecule has 0 aliphatic carbocycles. The Labute approximate surface area is 187 Å². The van der Waals surface area contributed by atoms with Gasteiger partial charge < -0.3 is 24.4 Å². The van der Waals surface area contributed by atoms with E-state index in [1.54, 1.807) is 21.0 Å². The number of benzene rings is 2. The van der Waals surface area contributed by atoms with E-state index in [1.165, 1.54) is 4.90 Å². The number of epoxide rings is 1. The largest absolute Gasteiger partial charge is 0.489 e. The van der Waals surface area contributed by atoms with Gasteiger partial charge in [0, 0.05) is 20.5 Å². The summed E-state index contributed by atoms with van der Waals surface area (Å²) in [4.78, 5) is 38.2. The first-order valence-corrected chi connectivity index (χ1v) is 10.5. The van der Waals surface area contributed by atoms with Gasteiger partial charge in [0.1, 0.15) is 18.4 Å². The van der Waals surface area contributed by atoms with Crippen LogP contribution in [-0.2, 0) is 36.9 Å². The van der Waals surface area contributed by atoms with E-state index in [0.717, 1.165) is 11.1 Å². The summed E-state index contributed by atoms with van der Waals surface area (Å²) in [5, 5.41) is 2.66. The molecule has 0 unspecified atom stereocenters. The van der Waals surface area contributed by atoms with Crippen LogP contribution in [0.5, 0.6) is 5.75 Å². The van der Waals surface area contributed by atoms with Crippen LogP contribution in [0.1, 0.15) is 18.1 Å². The smallest absolute Gasteiger partial charge is 0.328 e. The summed E-state index contributed by atoms with van der Waals surface area (Å²) >= 11 is 0. The lowest BCUT2D eigenvalue weighted by atomic mass is 10.1. The van der Waals surface area contributed by atoms with E-state index in [-0.39, 0.29) is 18.9 Å². The van der Waals surface area contributed by atoms with Gasteiger partial charge in [-0.2, -0.15) is 0 Å². The summed E-state index contributed by atoms with van der Waals surface area (Å²) in [5.41, 5.74) is 1.89. The third kappa shape index (κ3) is 6.31. The molecule has 0 saturated carbocycles. The number of hydrogen-bond acceptors (Lipinski definition) is 6. The predicted molar refractivity (Wildman–Crippen MR) is 117 cm³/mol. The molecular formula is C24H28N2O6. The summed E-state index contributed by atoms with van der Waals surface area (Å²) in [6, 6.07) is 16.3. The zero-order chi connectivity index (χ0) is 23.1. The number of likely N-dealkylation sites (N-methyl/N-ethyl adjacent to an activating group) is 1. The zero-order valence-corrected chi connectivity index (χ0v) is 18.4.